The molecule has 19 heavy (non-hydrogen) atoms. The number of rotatable bonds is 5. The smallest absolute Gasteiger partial charge is 0.335 e. The van der Waals surface area contributed by atoms with E-state index in [4.69, 9.17) is 10.8 Å². The number of thiazole rings is 1. The lowest BCUT2D eigenvalue weighted by Gasteiger charge is -1.92. The Kier molecular flexibility index (Phi) is 3.57. The molecule has 0 aliphatic heterocycles. The van der Waals surface area contributed by atoms with E-state index in [0.29, 0.717) is 10.2 Å². The van der Waals surface area contributed by atoms with Gasteiger partial charge in [0.15, 0.2) is 10.8 Å². The fourth-order valence-electron chi connectivity index (χ4n) is 1.52. The molecular weight excluding hydrogens is 268 g/mol. The summed E-state index contributed by atoms with van der Waals surface area (Å²) < 4.78 is 0.627. The van der Waals surface area contributed by atoms with Crippen LogP contribution in [0.25, 0.3) is 10.2 Å². The molecule has 0 spiro atoms. The van der Waals surface area contributed by atoms with Gasteiger partial charge in [-0.2, -0.15) is 0 Å². The molecule has 0 aliphatic rings. The van der Waals surface area contributed by atoms with Crippen LogP contribution in [0.4, 0.5) is 0 Å². The number of nitrogens with two attached hydrogens (primary N) is 1. The number of Topliss-reactive ketones (excluding diaryl/α,β-unsaturated/α-hetero) is 1. The third-order valence-corrected chi connectivity index (χ3v) is 3.53. The number of hydrogen-bond acceptors (Lipinski definition) is 5. The van der Waals surface area contributed by atoms with E-state index in [0.717, 1.165) is 11.3 Å². The van der Waals surface area contributed by atoms with Crippen molar-refractivity contribution in [3.05, 3.63) is 28.8 Å². The molecule has 1 aromatic carbocycles. The van der Waals surface area contributed by atoms with Gasteiger partial charge in [0.25, 0.3) is 0 Å². The minimum Gasteiger partial charge on any atom is -0.478 e. The molecule has 1 heterocycles. The van der Waals surface area contributed by atoms with E-state index in [1.165, 1.54) is 12.1 Å². The predicted molar refractivity (Wildman–Crippen MR) is 69.3 cm³/mol. The summed E-state index contributed by atoms with van der Waals surface area (Å²) in [6, 6.07) is 4.46. The first-order valence-corrected chi connectivity index (χ1v) is 6.24. The highest BCUT2D eigenvalue weighted by Gasteiger charge is 2.14. The summed E-state index contributed by atoms with van der Waals surface area (Å²) >= 11 is 1.11. The molecule has 0 saturated carbocycles. The van der Waals surface area contributed by atoms with Gasteiger partial charge in [0.2, 0.25) is 5.91 Å². The van der Waals surface area contributed by atoms with Crippen LogP contribution in [0.2, 0.25) is 0 Å². The second-order valence-electron chi connectivity index (χ2n) is 3.90. The Balaban J connectivity index is 2.28. The Morgan fingerprint density at radius 2 is 2.00 bits per heavy atom. The highest BCUT2D eigenvalue weighted by molar-refractivity contribution is 7.20. The maximum atomic E-state index is 11.8. The lowest BCUT2D eigenvalue weighted by atomic mass is 10.2. The van der Waals surface area contributed by atoms with E-state index < -0.39 is 11.9 Å². The third kappa shape index (κ3) is 2.94. The second kappa shape index (κ2) is 5.15. The minimum atomic E-state index is -1.03. The first-order chi connectivity index (χ1) is 8.97. The van der Waals surface area contributed by atoms with E-state index in [-0.39, 0.29) is 29.2 Å². The zero-order valence-electron chi connectivity index (χ0n) is 9.75. The number of amides is 1. The fraction of sp³-hybridized carbons (Fsp3) is 0.167. The molecule has 0 unspecified atom stereocenters. The maximum absolute atomic E-state index is 11.8. The fourth-order valence-corrected chi connectivity index (χ4v) is 2.49. The van der Waals surface area contributed by atoms with Gasteiger partial charge in [-0.3, -0.25) is 9.59 Å². The average molecular weight is 278 g/mol. The van der Waals surface area contributed by atoms with Gasteiger partial charge in [-0.25, -0.2) is 9.78 Å². The highest BCUT2D eigenvalue weighted by Crippen LogP contribution is 2.24. The van der Waals surface area contributed by atoms with Crippen LogP contribution in [0.1, 0.15) is 33.0 Å². The lowest BCUT2D eigenvalue weighted by Crippen LogP contribution is -2.12. The number of carbonyl (C=O) groups excluding carboxylic acids is 2. The molecule has 6 nitrogen and oxygen atoms in total. The Labute approximate surface area is 111 Å². The monoisotopic (exact) mass is 278 g/mol. The van der Waals surface area contributed by atoms with Crippen LogP contribution >= 0.6 is 11.3 Å². The van der Waals surface area contributed by atoms with E-state index in [1.54, 1.807) is 6.07 Å². The summed E-state index contributed by atoms with van der Waals surface area (Å²) in [5, 5.41) is 9.13. The number of benzene rings is 1. The first kappa shape index (κ1) is 13.2. The molecular formula is C12H10N2O4S. The van der Waals surface area contributed by atoms with E-state index >= 15 is 0 Å². The highest BCUT2D eigenvalue weighted by atomic mass is 32.1. The van der Waals surface area contributed by atoms with Crippen molar-refractivity contribution in [3.8, 4) is 0 Å². The molecule has 0 fully saturated rings. The topological polar surface area (TPSA) is 110 Å². The van der Waals surface area contributed by atoms with Gasteiger partial charge in [-0.15, -0.1) is 11.3 Å². The van der Waals surface area contributed by atoms with Crippen LogP contribution in [0.3, 0.4) is 0 Å². The molecule has 0 atom stereocenters. The summed E-state index contributed by atoms with van der Waals surface area (Å²) in [6.45, 7) is 0. The summed E-state index contributed by atoms with van der Waals surface area (Å²) in [7, 11) is 0. The van der Waals surface area contributed by atoms with Crippen molar-refractivity contribution < 1.29 is 19.5 Å². The molecule has 2 aromatic rings. The molecule has 0 saturated heterocycles. The predicted octanol–water partition coefficient (Wildman–Crippen LogP) is 1.44. The zero-order valence-corrected chi connectivity index (χ0v) is 10.6. The van der Waals surface area contributed by atoms with Gasteiger partial charge < -0.3 is 10.8 Å². The van der Waals surface area contributed by atoms with Gasteiger partial charge in [-0.05, 0) is 18.2 Å². The quantitative estimate of drug-likeness (QED) is 0.804. The number of hydrogen-bond donors (Lipinski definition) is 2. The van der Waals surface area contributed by atoms with Crippen molar-refractivity contribution in [1.29, 1.82) is 0 Å². The molecule has 0 bridgehead atoms. The minimum absolute atomic E-state index is 0.0148. The number of fused-ring (bicyclic) bond motifs is 1. The van der Waals surface area contributed by atoms with Gasteiger partial charge in [0.1, 0.15) is 0 Å². The number of carboxylic acids is 1. The summed E-state index contributed by atoms with van der Waals surface area (Å²) in [5.74, 6) is -1.84. The number of carboxylic acid groups (broad SMARTS) is 1. The molecule has 2 rings (SSSR count). The second-order valence-corrected chi connectivity index (χ2v) is 4.93. The molecule has 98 valence electrons. The number of primary amides is 1. The molecule has 7 heteroatoms. The van der Waals surface area contributed by atoms with Crippen LogP contribution in [0.15, 0.2) is 18.2 Å². The van der Waals surface area contributed by atoms with Crippen molar-refractivity contribution in [2.24, 2.45) is 5.73 Å². The molecule has 3 N–H and O–H groups in total. The number of aromatic nitrogens is 1. The Morgan fingerprint density at radius 3 is 2.63 bits per heavy atom. The summed E-state index contributed by atoms with van der Waals surface area (Å²) in [5.41, 5.74) is 5.69. The standard InChI is InChI=1S/C12H10N2O4S/c13-10(16)4-3-8(15)11-14-7-2-1-6(12(17)18)5-9(7)19-11/h1-2,5H,3-4H2,(H2,13,16)(H,17,18). The molecule has 1 aromatic heterocycles. The maximum Gasteiger partial charge on any atom is 0.335 e. The number of ketones is 1. The largest absolute Gasteiger partial charge is 0.478 e. The number of nitrogens with zero attached hydrogens (tertiary/aromatic N) is 1. The van der Waals surface area contributed by atoms with Crippen LogP contribution in [-0.4, -0.2) is 27.8 Å². The zero-order chi connectivity index (χ0) is 14.0. The Morgan fingerprint density at radius 1 is 1.26 bits per heavy atom. The Bertz CT molecular complexity index is 677. The van der Waals surface area contributed by atoms with Gasteiger partial charge in [-0.1, -0.05) is 0 Å². The van der Waals surface area contributed by atoms with Crippen LogP contribution < -0.4 is 5.73 Å². The SMILES string of the molecule is NC(=O)CCC(=O)c1nc2ccc(C(=O)O)cc2s1. The average Bonchev–Trinajstić information content (AvgIpc) is 2.78. The van der Waals surface area contributed by atoms with Crippen molar-refractivity contribution in [2.45, 2.75) is 12.8 Å². The number of carbonyl (C=O) groups is 3. The molecule has 0 radical (unpaired) electrons. The van der Waals surface area contributed by atoms with E-state index in [9.17, 15) is 14.4 Å². The first-order valence-electron chi connectivity index (χ1n) is 5.43. The van der Waals surface area contributed by atoms with E-state index in [2.05, 4.69) is 4.98 Å². The third-order valence-electron chi connectivity index (χ3n) is 2.47. The van der Waals surface area contributed by atoms with Crippen molar-refractivity contribution in [2.75, 3.05) is 0 Å². The molecule has 0 aliphatic carbocycles. The normalized spacial score (nSPS) is 10.5. The van der Waals surface area contributed by atoms with Crippen LogP contribution in [0.5, 0.6) is 0 Å². The number of aromatic carboxylic acids is 1. The van der Waals surface area contributed by atoms with Crippen LogP contribution in [0, 0.1) is 0 Å². The van der Waals surface area contributed by atoms with E-state index in [1.807, 2.05) is 0 Å². The Hall–Kier alpha value is -2.28. The van der Waals surface area contributed by atoms with Gasteiger partial charge >= 0.3 is 5.97 Å². The van der Waals surface area contributed by atoms with Gasteiger partial charge in [0, 0.05) is 12.8 Å². The summed E-state index contributed by atoms with van der Waals surface area (Å²) in [4.78, 5) is 37.3. The van der Waals surface area contributed by atoms with Crippen LogP contribution in [-0.2, 0) is 4.79 Å². The van der Waals surface area contributed by atoms with Crippen molar-refractivity contribution in [1.82, 2.24) is 4.98 Å². The molecule has 1 amide bonds. The van der Waals surface area contributed by atoms with Gasteiger partial charge in [0.05, 0.1) is 15.8 Å². The van der Waals surface area contributed by atoms with Crippen molar-refractivity contribution >= 4 is 39.2 Å². The summed E-state index contributed by atoms with van der Waals surface area (Å²) in [6.07, 6.45) is -0.00389. The van der Waals surface area contributed by atoms with Crippen molar-refractivity contribution in [3.63, 3.8) is 0 Å². The lowest BCUT2D eigenvalue weighted by molar-refractivity contribution is -0.118.